The van der Waals surface area contributed by atoms with Gasteiger partial charge in [-0.1, -0.05) is 26.0 Å². The van der Waals surface area contributed by atoms with Gasteiger partial charge in [-0.2, -0.15) is 0 Å². The van der Waals surface area contributed by atoms with Crippen molar-refractivity contribution in [2.75, 3.05) is 32.5 Å². The largest absolute Gasteiger partial charge is 0.354 e. The van der Waals surface area contributed by atoms with Crippen molar-refractivity contribution in [2.45, 2.75) is 26.2 Å². The standard InChI is InChI=1S/C20H28N4O/c1-15(2)16-6-8-18(9-7-16)23-19-12-17(13-21-14-19)20(25)22-10-5-11-24(3)4/h6-9,12-15,23H,5,10-11H2,1-4H3,(H,22,25). The van der Waals surface area contributed by atoms with Crippen molar-refractivity contribution in [3.05, 3.63) is 53.9 Å². The number of nitrogens with one attached hydrogen (secondary N) is 2. The highest BCUT2D eigenvalue weighted by Crippen LogP contribution is 2.20. The van der Waals surface area contributed by atoms with Gasteiger partial charge in [0.1, 0.15) is 0 Å². The summed E-state index contributed by atoms with van der Waals surface area (Å²) < 4.78 is 0. The predicted molar refractivity (Wildman–Crippen MR) is 104 cm³/mol. The molecule has 1 aromatic heterocycles. The molecule has 134 valence electrons. The summed E-state index contributed by atoms with van der Waals surface area (Å²) in [7, 11) is 4.04. The topological polar surface area (TPSA) is 57.3 Å². The molecule has 0 saturated carbocycles. The number of hydrogen-bond acceptors (Lipinski definition) is 4. The highest BCUT2D eigenvalue weighted by Gasteiger charge is 2.07. The summed E-state index contributed by atoms with van der Waals surface area (Å²) in [6.07, 6.45) is 4.24. The lowest BCUT2D eigenvalue weighted by Gasteiger charge is -2.11. The molecular weight excluding hydrogens is 312 g/mol. The van der Waals surface area contributed by atoms with Gasteiger partial charge in [0, 0.05) is 18.4 Å². The van der Waals surface area contributed by atoms with Crippen LogP contribution in [-0.4, -0.2) is 43.0 Å². The molecule has 0 saturated heterocycles. The summed E-state index contributed by atoms with van der Waals surface area (Å²) in [5, 5.41) is 6.23. The first-order chi connectivity index (χ1) is 12.0. The molecule has 0 aliphatic carbocycles. The van der Waals surface area contributed by atoms with E-state index in [1.54, 1.807) is 12.4 Å². The first-order valence-corrected chi connectivity index (χ1v) is 8.70. The Bertz CT molecular complexity index is 680. The number of carbonyl (C=O) groups is 1. The summed E-state index contributed by atoms with van der Waals surface area (Å²) in [5.41, 5.74) is 3.65. The van der Waals surface area contributed by atoms with Crippen LogP contribution in [-0.2, 0) is 0 Å². The highest BCUT2D eigenvalue weighted by molar-refractivity contribution is 5.94. The molecule has 0 aliphatic heterocycles. The summed E-state index contributed by atoms with van der Waals surface area (Å²) in [4.78, 5) is 18.5. The Balaban J connectivity index is 1.94. The van der Waals surface area contributed by atoms with E-state index in [0.717, 1.165) is 24.3 Å². The fourth-order valence-corrected chi connectivity index (χ4v) is 2.45. The van der Waals surface area contributed by atoms with Gasteiger partial charge >= 0.3 is 0 Å². The molecule has 0 bridgehead atoms. The van der Waals surface area contributed by atoms with Gasteiger partial charge in [0.25, 0.3) is 5.91 Å². The van der Waals surface area contributed by atoms with E-state index in [1.165, 1.54) is 5.56 Å². The lowest BCUT2D eigenvalue weighted by atomic mass is 10.0. The van der Waals surface area contributed by atoms with Gasteiger partial charge in [0.05, 0.1) is 17.4 Å². The van der Waals surface area contributed by atoms with Crippen molar-refractivity contribution >= 4 is 17.3 Å². The second-order valence-electron chi connectivity index (χ2n) is 6.78. The molecule has 5 heteroatoms. The normalized spacial score (nSPS) is 11.0. The summed E-state index contributed by atoms with van der Waals surface area (Å²) in [5.74, 6) is 0.417. The van der Waals surface area contributed by atoms with E-state index in [-0.39, 0.29) is 5.91 Å². The molecule has 2 rings (SSSR count). The predicted octanol–water partition coefficient (Wildman–Crippen LogP) is 3.63. The van der Waals surface area contributed by atoms with Gasteiger partial charge in [0.2, 0.25) is 0 Å². The van der Waals surface area contributed by atoms with Gasteiger partial charge in [-0.25, -0.2) is 0 Å². The third-order valence-corrected chi connectivity index (χ3v) is 3.93. The molecule has 0 unspecified atom stereocenters. The van der Waals surface area contributed by atoms with Gasteiger partial charge in [-0.05, 0) is 56.7 Å². The van der Waals surface area contributed by atoms with Gasteiger partial charge in [-0.3, -0.25) is 9.78 Å². The number of carbonyl (C=O) groups excluding carboxylic acids is 1. The third kappa shape index (κ3) is 6.19. The third-order valence-electron chi connectivity index (χ3n) is 3.93. The Morgan fingerprint density at radius 3 is 2.48 bits per heavy atom. The molecule has 25 heavy (non-hydrogen) atoms. The van der Waals surface area contributed by atoms with Crippen molar-refractivity contribution in [1.29, 1.82) is 0 Å². The van der Waals surface area contributed by atoms with Crippen LogP contribution in [0.15, 0.2) is 42.7 Å². The van der Waals surface area contributed by atoms with Crippen LogP contribution in [0, 0.1) is 0 Å². The van der Waals surface area contributed by atoms with E-state index in [1.807, 2.05) is 32.3 Å². The Kier molecular flexibility index (Phi) is 6.95. The van der Waals surface area contributed by atoms with Crippen LogP contribution >= 0.6 is 0 Å². The zero-order valence-corrected chi connectivity index (χ0v) is 15.5. The lowest BCUT2D eigenvalue weighted by Crippen LogP contribution is -2.27. The highest BCUT2D eigenvalue weighted by atomic mass is 16.1. The Morgan fingerprint density at radius 1 is 1.12 bits per heavy atom. The van der Waals surface area contributed by atoms with Crippen LogP contribution < -0.4 is 10.6 Å². The minimum Gasteiger partial charge on any atom is -0.354 e. The Labute approximate surface area is 150 Å². The van der Waals surface area contributed by atoms with Crippen LogP contribution in [0.4, 0.5) is 11.4 Å². The van der Waals surface area contributed by atoms with Crippen LogP contribution in [0.25, 0.3) is 0 Å². The van der Waals surface area contributed by atoms with Gasteiger partial charge in [0.15, 0.2) is 0 Å². The maximum Gasteiger partial charge on any atom is 0.252 e. The number of benzene rings is 1. The molecule has 2 aromatic rings. The molecular formula is C20H28N4O. The number of hydrogen-bond donors (Lipinski definition) is 2. The average molecular weight is 340 g/mol. The number of pyridine rings is 1. The van der Waals surface area contributed by atoms with E-state index < -0.39 is 0 Å². The second-order valence-corrected chi connectivity index (χ2v) is 6.78. The maximum absolute atomic E-state index is 12.2. The SMILES string of the molecule is CC(C)c1ccc(Nc2cncc(C(=O)NCCCN(C)C)c2)cc1. The van der Waals surface area contributed by atoms with Crippen molar-refractivity contribution in [3.8, 4) is 0 Å². The molecule has 0 spiro atoms. The van der Waals surface area contributed by atoms with Crippen LogP contribution in [0.1, 0.15) is 42.1 Å². The van der Waals surface area contributed by atoms with Crippen LogP contribution in [0.5, 0.6) is 0 Å². The molecule has 0 radical (unpaired) electrons. The Morgan fingerprint density at radius 2 is 1.84 bits per heavy atom. The molecule has 0 atom stereocenters. The molecule has 5 nitrogen and oxygen atoms in total. The molecule has 1 amide bonds. The van der Waals surface area contributed by atoms with Crippen molar-refractivity contribution in [1.82, 2.24) is 15.2 Å². The number of nitrogens with zero attached hydrogens (tertiary/aromatic N) is 2. The first kappa shape index (κ1) is 18.9. The van der Waals surface area contributed by atoms with Crippen molar-refractivity contribution < 1.29 is 4.79 Å². The quantitative estimate of drug-likeness (QED) is 0.721. The summed E-state index contributed by atoms with van der Waals surface area (Å²) in [6, 6.07) is 10.1. The van der Waals surface area contributed by atoms with E-state index >= 15 is 0 Å². The molecule has 0 fully saturated rings. The number of rotatable bonds is 8. The smallest absolute Gasteiger partial charge is 0.252 e. The monoisotopic (exact) mass is 340 g/mol. The first-order valence-electron chi connectivity index (χ1n) is 8.70. The van der Waals surface area contributed by atoms with Gasteiger partial charge in [-0.15, -0.1) is 0 Å². The molecule has 2 N–H and O–H groups in total. The minimum atomic E-state index is -0.0925. The number of anilines is 2. The number of amides is 1. The fourth-order valence-electron chi connectivity index (χ4n) is 2.45. The maximum atomic E-state index is 12.2. The molecule has 1 aromatic carbocycles. The Hall–Kier alpha value is -2.40. The summed E-state index contributed by atoms with van der Waals surface area (Å²) in [6.45, 7) is 5.96. The van der Waals surface area contributed by atoms with E-state index in [2.05, 4.69) is 46.5 Å². The average Bonchev–Trinajstić information content (AvgIpc) is 2.59. The van der Waals surface area contributed by atoms with Crippen LogP contribution in [0.3, 0.4) is 0 Å². The van der Waals surface area contributed by atoms with Gasteiger partial charge < -0.3 is 15.5 Å². The van der Waals surface area contributed by atoms with E-state index in [0.29, 0.717) is 18.0 Å². The van der Waals surface area contributed by atoms with E-state index in [9.17, 15) is 4.79 Å². The zero-order chi connectivity index (χ0) is 18.2. The zero-order valence-electron chi connectivity index (χ0n) is 15.5. The van der Waals surface area contributed by atoms with Crippen molar-refractivity contribution in [2.24, 2.45) is 0 Å². The number of aromatic nitrogens is 1. The minimum absolute atomic E-state index is 0.0925. The fraction of sp³-hybridized carbons (Fsp3) is 0.400. The summed E-state index contributed by atoms with van der Waals surface area (Å²) >= 11 is 0. The second kappa shape index (κ2) is 9.18. The molecule has 1 heterocycles. The van der Waals surface area contributed by atoms with E-state index in [4.69, 9.17) is 0 Å². The van der Waals surface area contributed by atoms with Crippen molar-refractivity contribution in [3.63, 3.8) is 0 Å². The lowest BCUT2D eigenvalue weighted by molar-refractivity contribution is 0.0952. The van der Waals surface area contributed by atoms with Crippen LogP contribution in [0.2, 0.25) is 0 Å². The molecule has 0 aliphatic rings.